The Morgan fingerprint density at radius 3 is 1.58 bits per heavy atom. The monoisotopic (exact) mass is 192 g/mol. The number of rotatable bonds is 5. The second kappa shape index (κ2) is 4.90. The summed E-state index contributed by atoms with van der Waals surface area (Å²) in [5.74, 6) is 0. The molecule has 0 spiro atoms. The first-order chi connectivity index (χ1) is 5.39. The summed E-state index contributed by atoms with van der Waals surface area (Å²) in [4.78, 5) is 0. The van der Waals surface area contributed by atoms with Crippen molar-refractivity contribution in [2.75, 3.05) is 0 Å². The zero-order chi connectivity index (χ0) is 9.78. The molecule has 3 nitrogen and oxygen atoms in total. The maximum absolute atomic E-state index is 10.7. The molecule has 0 aromatic carbocycles. The minimum Gasteiger partial charge on any atom is -0.338 e. The van der Waals surface area contributed by atoms with Gasteiger partial charge in [0.2, 0.25) is 14.0 Å². The topological polar surface area (TPSA) is 35.5 Å². The van der Waals surface area contributed by atoms with Crippen LogP contribution in [-0.4, -0.2) is 17.7 Å². The van der Waals surface area contributed by atoms with Gasteiger partial charge in [0, 0.05) is 6.92 Å². The van der Waals surface area contributed by atoms with Crippen molar-refractivity contribution in [3.05, 3.63) is 0 Å². The Kier molecular flexibility index (Phi) is 4.91. The van der Waals surface area contributed by atoms with Crippen LogP contribution < -0.4 is 0 Å². The summed E-state index contributed by atoms with van der Waals surface area (Å²) in [6, 6.07) is 0. The van der Waals surface area contributed by atoms with E-state index in [9.17, 15) is 4.57 Å². The second-order valence-corrected chi connectivity index (χ2v) is 4.32. The van der Waals surface area contributed by atoms with Crippen LogP contribution in [0.4, 0.5) is 0 Å². The summed E-state index contributed by atoms with van der Waals surface area (Å²) < 4.78 is 21.4. The molecule has 0 aromatic rings. The average molecular weight is 192 g/mol. The minimum absolute atomic E-state index is 0.00944. The van der Waals surface area contributed by atoms with E-state index in [1.54, 1.807) is 6.92 Å². The van der Waals surface area contributed by atoms with Crippen LogP contribution in [0.5, 0.6) is 0 Å². The van der Waals surface area contributed by atoms with E-state index in [1.165, 1.54) is 0 Å². The summed E-state index contributed by atoms with van der Waals surface area (Å²) in [6.07, 6.45) is 0.0189. The van der Waals surface area contributed by atoms with Crippen LogP contribution in [0.3, 0.4) is 0 Å². The number of hydrogen-bond donors (Lipinski definition) is 0. The molecule has 0 aliphatic heterocycles. The molecule has 0 bridgehead atoms. The fourth-order valence-electron chi connectivity index (χ4n) is 0.945. The molecule has 0 fully saturated rings. The molecular weight excluding hydrogens is 175 g/mol. The molecule has 0 heterocycles. The first kappa shape index (κ1) is 12.0. The normalized spacial score (nSPS) is 13.2. The molecular formula is C8H17O3P. The highest BCUT2D eigenvalue weighted by Crippen LogP contribution is 2.28. The Morgan fingerprint density at radius 2 is 1.42 bits per heavy atom. The molecule has 0 unspecified atom stereocenters. The van der Waals surface area contributed by atoms with Crippen LogP contribution in [0.15, 0.2) is 0 Å². The molecule has 0 rings (SSSR count). The number of ether oxygens (including phenoxy) is 2. The van der Waals surface area contributed by atoms with Crippen molar-refractivity contribution in [1.29, 1.82) is 0 Å². The maximum Gasteiger partial charge on any atom is 0.248 e. The van der Waals surface area contributed by atoms with E-state index < -0.39 is 5.53 Å². The lowest BCUT2D eigenvalue weighted by molar-refractivity contribution is -0.200. The molecule has 12 heavy (non-hydrogen) atoms. The highest BCUT2D eigenvalue weighted by molar-refractivity contribution is 7.25. The van der Waals surface area contributed by atoms with Gasteiger partial charge in [0.15, 0.2) is 0 Å². The predicted octanol–water partition coefficient (Wildman–Crippen LogP) is 2.80. The smallest absolute Gasteiger partial charge is 0.248 e. The number of hydrogen-bond acceptors (Lipinski definition) is 3. The lowest BCUT2D eigenvalue weighted by atomic mass is 10.4. The molecule has 0 amide bonds. The molecule has 0 radical (unpaired) electrons. The second-order valence-electron chi connectivity index (χ2n) is 3.32. The van der Waals surface area contributed by atoms with Gasteiger partial charge in [0.05, 0.1) is 12.2 Å². The molecule has 0 atom stereocenters. The van der Waals surface area contributed by atoms with Gasteiger partial charge in [0.25, 0.3) is 0 Å². The quantitative estimate of drug-likeness (QED) is 0.496. The molecule has 0 aromatic heterocycles. The molecule has 0 saturated carbocycles. The van der Waals surface area contributed by atoms with Crippen molar-refractivity contribution in [3.63, 3.8) is 0 Å². The Labute approximate surface area is 75.6 Å². The first-order valence-corrected chi connectivity index (χ1v) is 4.91. The lowest BCUT2D eigenvalue weighted by Crippen LogP contribution is -2.31. The standard InChI is InChI=1S/C8H17O3P/c1-6(2)10-8(5,12-9)11-7(3)4/h6-7H,1-5H3. The molecule has 0 aliphatic rings. The summed E-state index contributed by atoms with van der Waals surface area (Å²) >= 11 is 0. The SMILES string of the molecule is CC(C)OC(C)(OC(C)C)P=O. The van der Waals surface area contributed by atoms with Gasteiger partial charge in [-0.1, -0.05) is 0 Å². The third-order valence-corrected chi connectivity index (χ3v) is 1.62. The Bertz CT molecular complexity index is 135. The molecule has 0 aliphatic carbocycles. The van der Waals surface area contributed by atoms with Crippen molar-refractivity contribution in [1.82, 2.24) is 0 Å². The van der Waals surface area contributed by atoms with Crippen LogP contribution >= 0.6 is 8.46 Å². The third kappa shape index (κ3) is 4.81. The van der Waals surface area contributed by atoms with Crippen LogP contribution in [0, 0.1) is 0 Å². The van der Waals surface area contributed by atoms with Gasteiger partial charge >= 0.3 is 0 Å². The Hall–Kier alpha value is 0.0200. The molecule has 0 N–H and O–H groups in total. The van der Waals surface area contributed by atoms with Crippen LogP contribution in [0.25, 0.3) is 0 Å². The van der Waals surface area contributed by atoms with Crippen molar-refractivity contribution in [3.8, 4) is 0 Å². The van der Waals surface area contributed by atoms with Gasteiger partial charge in [-0.3, -0.25) is 4.57 Å². The van der Waals surface area contributed by atoms with E-state index in [4.69, 9.17) is 9.47 Å². The maximum atomic E-state index is 10.7. The van der Waals surface area contributed by atoms with Crippen molar-refractivity contribution in [2.24, 2.45) is 0 Å². The fraction of sp³-hybridized carbons (Fsp3) is 1.00. The van der Waals surface area contributed by atoms with Crippen LogP contribution in [-0.2, 0) is 14.0 Å². The van der Waals surface area contributed by atoms with E-state index in [-0.39, 0.29) is 20.7 Å². The fourth-order valence-corrected chi connectivity index (χ4v) is 1.45. The lowest BCUT2D eigenvalue weighted by Gasteiger charge is -2.27. The van der Waals surface area contributed by atoms with Crippen molar-refractivity contribution < 1.29 is 14.0 Å². The summed E-state index contributed by atoms with van der Waals surface area (Å²) in [6.45, 7) is 9.20. The van der Waals surface area contributed by atoms with Crippen LogP contribution in [0.1, 0.15) is 34.6 Å². The van der Waals surface area contributed by atoms with Gasteiger partial charge in [-0.2, -0.15) is 0 Å². The van der Waals surface area contributed by atoms with Gasteiger partial charge in [0.1, 0.15) is 0 Å². The minimum atomic E-state index is -0.998. The van der Waals surface area contributed by atoms with Gasteiger partial charge in [-0.15, -0.1) is 0 Å². The molecule has 0 saturated heterocycles. The highest BCUT2D eigenvalue weighted by Gasteiger charge is 2.29. The third-order valence-electron chi connectivity index (χ3n) is 1.07. The van der Waals surface area contributed by atoms with E-state index in [0.29, 0.717) is 0 Å². The highest BCUT2D eigenvalue weighted by atomic mass is 31.1. The zero-order valence-electron chi connectivity index (χ0n) is 8.33. The van der Waals surface area contributed by atoms with Gasteiger partial charge < -0.3 is 9.47 Å². The molecule has 4 heteroatoms. The van der Waals surface area contributed by atoms with Crippen LogP contribution in [0.2, 0.25) is 0 Å². The van der Waals surface area contributed by atoms with Gasteiger partial charge in [-0.05, 0) is 27.7 Å². The van der Waals surface area contributed by atoms with Crippen molar-refractivity contribution >= 4 is 8.46 Å². The van der Waals surface area contributed by atoms with E-state index in [0.717, 1.165) is 0 Å². The average Bonchev–Trinajstić information content (AvgIpc) is 1.83. The summed E-state index contributed by atoms with van der Waals surface area (Å²) in [5, 5.41) is 0. The summed E-state index contributed by atoms with van der Waals surface area (Å²) in [5.41, 5.74) is -0.998. The van der Waals surface area contributed by atoms with E-state index in [1.807, 2.05) is 27.7 Å². The van der Waals surface area contributed by atoms with Gasteiger partial charge in [-0.25, -0.2) is 0 Å². The van der Waals surface area contributed by atoms with Crippen molar-refractivity contribution in [2.45, 2.75) is 52.4 Å². The molecule has 72 valence electrons. The first-order valence-electron chi connectivity index (χ1n) is 4.10. The largest absolute Gasteiger partial charge is 0.338 e. The van der Waals surface area contributed by atoms with E-state index in [2.05, 4.69) is 0 Å². The predicted molar refractivity (Wildman–Crippen MR) is 48.5 cm³/mol. The Morgan fingerprint density at radius 1 is 1.08 bits per heavy atom. The van der Waals surface area contributed by atoms with E-state index >= 15 is 0 Å². The summed E-state index contributed by atoms with van der Waals surface area (Å²) in [7, 11) is -0.136. The zero-order valence-corrected chi connectivity index (χ0v) is 9.22. The Balaban J connectivity index is 4.14.